The van der Waals surface area contributed by atoms with Crippen molar-refractivity contribution < 1.29 is 48.9 Å². The fourth-order valence-corrected chi connectivity index (χ4v) is 2.37. The summed E-state index contributed by atoms with van der Waals surface area (Å²) in [6.45, 7) is 2.34. The predicted molar refractivity (Wildman–Crippen MR) is 110 cm³/mol. The normalized spacial score (nSPS) is 14.0. The van der Waals surface area contributed by atoms with E-state index in [1.54, 1.807) is 0 Å². The van der Waals surface area contributed by atoms with Crippen molar-refractivity contribution in [2.24, 2.45) is 5.73 Å². The minimum atomic E-state index is -1.64. The standard InChI is InChI=1S/C18H29N5O10/c1-8(20-16(30)10(3-4-13(25)26)22-12(24)5-6-19)15(29)23-11(7-14(27)28)17(31)21-9(2)18(32)33/h8-11H,3-7,19H2,1-2H3,(H,20,30)(H,21,31)(H,22,24)(H,23,29)(H,25,26)(H,27,28)(H,32,33)/t8-,9-,10+,11+/m0/s1. The van der Waals surface area contributed by atoms with E-state index in [9.17, 15) is 33.6 Å². The molecule has 9 N–H and O–H groups in total. The van der Waals surface area contributed by atoms with E-state index in [0.717, 1.165) is 6.92 Å². The number of carbonyl (C=O) groups excluding carboxylic acids is 4. The lowest BCUT2D eigenvalue weighted by Gasteiger charge is -2.23. The average Bonchev–Trinajstić information content (AvgIpc) is 2.69. The second kappa shape index (κ2) is 14.3. The number of amides is 4. The number of aliphatic carboxylic acids is 3. The zero-order valence-electron chi connectivity index (χ0n) is 18.1. The van der Waals surface area contributed by atoms with E-state index >= 15 is 0 Å². The quantitative estimate of drug-likeness (QED) is 0.117. The summed E-state index contributed by atoms with van der Waals surface area (Å²) in [6, 6.07) is -5.60. The van der Waals surface area contributed by atoms with E-state index in [1.807, 2.05) is 5.32 Å². The molecule has 0 bridgehead atoms. The van der Waals surface area contributed by atoms with Crippen molar-refractivity contribution in [2.75, 3.05) is 6.54 Å². The third kappa shape index (κ3) is 12.0. The molecule has 4 atom stereocenters. The number of hydrogen-bond donors (Lipinski definition) is 8. The molecule has 0 aliphatic carbocycles. The van der Waals surface area contributed by atoms with E-state index in [4.69, 9.17) is 21.1 Å². The molecule has 0 radical (unpaired) electrons. The SMILES string of the molecule is C[C@H](NC(=O)[C@@H](CC(=O)O)NC(=O)[C@H](C)NC(=O)[C@@H](CCC(=O)O)NC(=O)CCN)C(=O)O. The second-order valence-corrected chi connectivity index (χ2v) is 7.05. The van der Waals surface area contributed by atoms with Crippen LogP contribution in [0.3, 0.4) is 0 Å². The van der Waals surface area contributed by atoms with Gasteiger partial charge in [-0.1, -0.05) is 0 Å². The van der Waals surface area contributed by atoms with E-state index in [0.29, 0.717) is 0 Å². The Balaban J connectivity index is 5.23. The summed E-state index contributed by atoms with van der Waals surface area (Å²) in [5, 5.41) is 35.3. The van der Waals surface area contributed by atoms with Gasteiger partial charge in [-0.2, -0.15) is 0 Å². The van der Waals surface area contributed by atoms with E-state index < -0.39 is 78.5 Å². The summed E-state index contributed by atoms with van der Waals surface area (Å²) >= 11 is 0. The van der Waals surface area contributed by atoms with Crippen LogP contribution in [0.1, 0.15) is 39.5 Å². The van der Waals surface area contributed by atoms with Gasteiger partial charge in [0.15, 0.2) is 0 Å². The largest absolute Gasteiger partial charge is 0.481 e. The molecule has 0 aromatic heterocycles. The minimum absolute atomic E-state index is 0.00850. The average molecular weight is 475 g/mol. The molecule has 0 aliphatic rings. The number of nitrogens with two attached hydrogens (primary N) is 1. The minimum Gasteiger partial charge on any atom is -0.481 e. The third-order valence-corrected chi connectivity index (χ3v) is 4.16. The maximum absolute atomic E-state index is 12.5. The first-order chi connectivity index (χ1) is 15.3. The molecule has 0 fully saturated rings. The van der Waals surface area contributed by atoms with Crippen LogP contribution in [-0.2, 0) is 33.6 Å². The highest BCUT2D eigenvalue weighted by Crippen LogP contribution is 2.01. The summed E-state index contributed by atoms with van der Waals surface area (Å²) in [5.74, 6) is -7.58. The van der Waals surface area contributed by atoms with Gasteiger partial charge in [-0.05, 0) is 20.3 Å². The highest BCUT2D eigenvalue weighted by molar-refractivity contribution is 5.96. The lowest BCUT2D eigenvalue weighted by molar-refractivity contribution is -0.143. The molecule has 15 nitrogen and oxygen atoms in total. The summed E-state index contributed by atoms with van der Waals surface area (Å²) in [5.41, 5.74) is 5.26. The molecule has 0 unspecified atom stereocenters. The molecule has 0 aliphatic heterocycles. The molecule has 0 saturated heterocycles. The number of carboxylic acids is 3. The van der Waals surface area contributed by atoms with Crippen LogP contribution >= 0.6 is 0 Å². The van der Waals surface area contributed by atoms with Gasteiger partial charge in [0.05, 0.1) is 6.42 Å². The van der Waals surface area contributed by atoms with Crippen molar-refractivity contribution in [1.29, 1.82) is 0 Å². The maximum atomic E-state index is 12.5. The molecule has 15 heteroatoms. The maximum Gasteiger partial charge on any atom is 0.325 e. The lowest BCUT2D eigenvalue weighted by Crippen LogP contribution is -2.57. The van der Waals surface area contributed by atoms with Gasteiger partial charge in [0.1, 0.15) is 24.2 Å². The molecule has 0 rings (SSSR count). The molecular weight excluding hydrogens is 446 g/mol. The Bertz CT molecular complexity index is 772. The van der Waals surface area contributed by atoms with Crippen LogP contribution in [0.4, 0.5) is 0 Å². The van der Waals surface area contributed by atoms with E-state index in [1.165, 1.54) is 6.92 Å². The first-order valence-corrected chi connectivity index (χ1v) is 9.85. The number of hydrogen-bond acceptors (Lipinski definition) is 8. The Morgan fingerprint density at radius 2 is 1.24 bits per heavy atom. The molecule has 0 aromatic rings. The van der Waals surface area contributed by atoms with Crippen LogP contribution in [0.5, 0.6) is 0 Å². The summed E-state index contributed by atoms with van der Waals surface area (Å²) < 4.78 is 0. The second-order valence-electron chi connectivity index (χ2n) is 7.05. The monoisotopic (exact) mass is 475 g/mol. The van der Waals surface area contributed by atoms with Crippen LogP contribution in [-0.4, -0.2) is 87.6 Å². The van der Waals surface area contributed by atoms with Crippen LogP contribution in [0, 0.1) is 0 Å². The van der Waals surface area contributed by atoms with Gasteiger partial charge in [0.25, 0.3) is 0 Å². The number of nitrogens with one attached hydrogen (secondary N) is 4. The van der Waals surface area contributed by atoms with Gasteiger partial charge in [0, 0.05) is 19.4 Å². The fraction of sp³-hybridized carbons (Fsp3) is 0.611. The molecule has 0 heterocycles. The van der Waals surface area contributed by atoms with Gasteiger partial charge in [-0.3, -0.25) is 33.6 Å². The van der Waals surface area contributed by atoms with Gasteiger partial charge < -0.3 is 42.3 Å². The Hall–Kier alpha value is -3.75. The van der Waals surface area contributed by atoms with Crippen molar-refractivity contribution in [3.05, 3.63) is 0 Å². The predicted octanol–water partition coefficient (Wildman–Crippen LogP) is -3.26. The number of carbonyl (C=O) groups is 7. The van der Waals surface area contributed by atoms with Crippen molar-refractivity contribution in [1.82, 2.24) is 21.3 Å². The Kier molecular flexibility index (Phi) is 12.7. The summed E-state index contributed by atoms with van der Waals surface area (Å²) in [7, 11) is 0. The van der Waals surface area contributed by atoms with Crippen molar-refractivity contribution in [3.63, 3.8) is 0 Å². The van der Waals surface area contributed by atoms with Gasteiger partial charge in [-0.25, -0.2) is 0 Å². The van der Waals surface area contributed by atoms with Crippen LogP contribution in [0.15, 0.2) is 0 Å². The highest BCUT2D eigenvalue weighted by Gasteiger charge is 2.30. The van der Waals surface area contributed by atoms with Crippen LogP contribution in [0.25, 0.3) is 0 Å². The lowest BCUT2D eigenvalue weighted by atomic mass is 10.1. The molecule has 0 aromatic carbocycles. The zero-order valence-corrected chi connectivity index (χ0v) is 18.1. The van der Waals surface area contributed by atoms with Crippen molar-refractivity contribution in [2.45, 2.75) is 63.7 Å². The van der Waals surface area contributed by atoms with Crippen LogP contribution in [0.2, 0.25) is 0 Å². The van der Waals surface area contributed by atoms with E-state index in [2.05, 4.69) is 16.0 Å². The highest BCUT2D eigenvalue weighted by atomic mass is 16.4. The molecule has 0 saturated carbocycles. The Morgan fingerprint density at radius 1 is 0.697 bits per heavy atom. The van der Waals surface area contributed by atoms with Crippen molar-refractivity contribution >= 4 is 41.5 Å². The van der Waals surface area contributed by atoms with Crippen LogP contribution < -0.4 is 27.0 Å². The summed E-state index contributed by atoms with van der Waals surface area (Å²) in [4.78, 5) is 81.5. The molecule has 186 valence electrons. The Labute approximate surface area is 188 Å². The fourth-order valence-electron chi connectivity index (χ4n) is 2.37. The first-order valence-electron chi connectivity index (χ1n) is 9.85. The molecule has 4 amide bonds. The summed E-state index contributed by atoms with van der Waals surface area (Å²) in [6.07, 6.45) is -1.71. The molecular formula is C18H29N5O10. The van der Waals surface area contributed by atoms with Gasteiger partial charge in [-0.15, -0.1) is 0 Å². The smallest absolute Gasteiger partial charge is 0.325 e. The third-order valence-electron chi connectivity index (χ3n) is 4.16. The zero-order chi connectivity index (χ0) is 25.7. The Morgan fingerprint density at radius 3 is 1.73 bits per heavy atom. The van der Waals surface area contributed by atoms with E-state index in [-0.39, 0.29) is 19.4 Å². The van der Waals surface area contributed by atoms with Gasteiger partial charge >= 0.3 is 17.9 Å². The first kappa shape index (κ1) is 29.2. The molecule has 33 heavy (non-hydrogen) atoms. The number of rotatable bonds is 15. The molecule has 0 spiro atoms. The van der Waals surface area contributed by atoms with Gasteiger partial charge in [0.2, 0.25) is 23.6 Å². The topological polar surface area (TPSA) is 254 Å². The van der Waals surface area contributed by atoms with Crippen molar-refractivity contribution in [3.8, 4) is 0 Å². The number of carboxylic acid groups (broad SMARTS) is 3.